The molecule has 0 fully saturated rings. The first-order valence-corrected chi connectivity index (χ1v) is 0. The molecule has 0 atom stereocenters. The van der Waals surface area contributed by atoms with Crippen LogP contribution in [0.4, 0.5) is 0 Å². The van der Waals surface area contributed by atoms with Crippen LogP contribution in [0.2, 0.25) is 0 Å². The van der Waals surface area contributed by atoms with Crippen LogP contribution in [0, 0.1) is 0 Å². The molecule has 0 aliphatic heterocycles. The van der Waals surface area contributed by atoms with Gasteiger partial charge in [0.2, 0.25) is 0 Å². The number of hydrogen-bond donors (Lipinski definition) is 0. The van der Waals surface area contributed by atoms with Crippen molar-refractivity contribution in [1.29, 1.82) is 0 Å². The molecule has 0 saturated heterocycles. The zero-order valence-electron chi connectivity index (χ0n) is 7.24. The van der Waals surface area contributed by atoms with E-state index in [2.05, 4.69) is 0 Å². The van der Waals surface area contributed by atoms with Crippen molar-refractivity contribution >= 4 is 80.8 Å². The molecule has 0 aliphatic rings. The van der Waals surface area contributed by atoms with E-state index in [-0.39, 0.29) is 174 Å². The molecule has 0 spiro atoms. The SMILES string of the molecule is [Al+3].[Al+3].[Mg+2].[Mg+2].[O-2].[O-2].[O-2].[O-2].[O-2].[O-2].[O-2].[O-2].[O-2].[Ti+4].[Ti+4]. The van der Waals surface area contributed by atoms with Crippen LogP contribution < -0.4 is 0 Å². The average molecular weight is 342 g/mol. The van der Waals surface area contributed by atoms with Crippen LogP contribution in [0.5, 0.6) is 0 Å². The Morgan fingerprint density at radius 3 is 0.267 bits per heavy atom. The van der Waals surface area contributed by atoms with Gasteiger partial charge in [-0.25, -0.2) is 0 Å². The van der Waals surface area contributed by atoms with Crippen molar-refractivity contribution in [3.05, 3.63) is 0 Å². The molecule has 72 valence electrons. The van der Waals surface area contributed by atoms with Crippen molar-refractivity contribution in [3.63, 3.8) is 0 Å². The van der Waals surface area contributed by atoms with Gasteiger partial charge in [-0.1, -0.05) is 0 Å². The maximum atomic E-state index is 0. The molecular formula is Al2Mg2O9Ti2. The Labute approximate surface area is 171 Å². The quantitative estimate of drug-likeness (QED) is 0.410. The van der Waals surface area contributed by atoms with Crippen LogP contribution in [0.1, 0.15) is 0 Å². The zero-order valence-corrected chi connectivity index (χ0v) is 15.5. The molecule has 0 rings (SSSR count). The van der Waals surface area contributed by atoms with E-state index >= 15 is 0 Å². The van der Waals surface area contributed by atoms with Crippen LogP contribution in [0.25, 0.3) is 0 Å². The fourth-order valence-electron chi connectivity index (χ4n) is 0. The molecule has 0 aromatic heterocycles. The molecule has 0 saturated carbocycles. The van der Waals surface area contributed by atoms with E-state index in [1.165, 1.54) is 0 Å². The fraction of sp³-hybridized carbons (Fsp3) is 0. The van der Waals surface area contributed by atoms with E-state index in [1.807, 2.05) is 0 Å². The summed E-state index contributed by atoms with van der Waals surface area (Å²) < 4.78 is 0. The standard InChI is InChI=1S/2Al.2Mg.9O.2Ti/q2*+3;2*+2;9*-2;2*+4. The van der Waals surface area contributed by atoms with E-state index in [1.54, 1.807) is 0 Å². The van der Waals surface area contributed by atoms with Crippen molar-refractivity contribution in [2.75, 3.05) is 0 Å². The smallest absolute Gasteiger partial charge is 2.00 e. The van der Waals surface area contributed by atoms with Gasteiger partial charge in [0, 0.05) is 0 Å². The van der Waals surface area contributed by atoms with Gasteiger partial charge in [-0.15, -0.1) is 0 Å². The van der Waals surface area contributed by atoms with E-state index in [4.69, 9.17) is 0 Å². The second kappa shape index (κ2) is 365. The first kappa shape index (κ1) is 433. The molecule has 0 bridgehead atoms. The third kappa shape index (κ3) is 323. The first-order valence-electron chi connectivity index (χ1n) is 0. The molecule has 0 aromatic rings. The van der Waals surface area contributed by atoms with Gasteiger partial charge in [0.1, 0.15) is 0 Å². The topological polar surface area (TPSA) is 256 Å². The Bertz CT molecular complexity index is 24.1. The molecule has 0 aromatic carbocycles. The summed E-state index contributed by atoms with van der Waals surface area (Å²) in [6.45, 7) is 0. The minimum Gasteiger partial charge on any atom is -2.00 e. The van der Waals surface area contributed by atoms with Crippen LogP contribution in [0.15, 0.2) is 0 Å². The third-order valence-corrected chi connectivity index (χ3v) is 0. The normalized spacial score (nSPS) is 0. The van der Waals surface area contributed by atoms with Gasteiger partial charge >= 0.3 is 124 Å². The minimum atomic E-state index is 0. The number of hydrogen-bond acceptors (Lipinski definition) is 0. The Balaban J connectivity index is 0. The van der Waals surface area contributed by atoms with Crippen LogP contribution in [0.3, 0.4) is 0 Å². The first-order chi connectivity index (χ1) is 0. The fourth-order valence-corrected chi connectivity index (χ4v) is 0. The van der Waals surface area contributed by atoms with Gasteiger partial charge in [-0.2, -0.15) is 0 Å². The summed E-state index contributed by atoms with van der Waals surface area (Å²) in [5, 5.41) is 0. The second-order valence-corrected chi connectivity index (χ2v) is 0. The summed E-state index contributed by atoms with van der Waals surface area (Å²) in [5.41, 5.74) is 0. The zero-order chi connectivity index (χ0) is 0. The van der Waals surface area contributed by atoms with Crippen LogP contribution >= 0.6 is 0 Å². The monoisotopic (exact) mass is 342 g/mol. The van der Waals surface area contributed by atoms with Gasteiger partial charge in [0.05, 0.1) is 0 Å². The minimum absolute atomic E-state index is 0. The average Bonchev–Trinajstić information content (AvgIpc) is 0. The van der Waals surface area contributed by atoms with E-state index in [9.17, 15) is 0 Å². The Morgan fingerprint density at radius 2 is 0.267 bits per heavy atom. The molecule has 0 aliphatic carbocycles. The molecule has 15 heavy (non-hydrogen) atoms. The maximum Gasteiger partial charge on any atom is 4.00 e. The molecule has 15 heteroatoms. The van der Waals surface area contributed by atoms with Gasteiger partial charge in [-0.05, 0) is 0 Å². The van der Waals surface area contributed by atoms with Crippen molar-refractivity contribution in [2.24, 2.45) is 0 Å². The second-order valence-electron chi connectivity index (χ2n) is 0. The summed E-state index contributed by atoms with van der Waals surface area (Å²) in [6, 6.07) is 0. The van der Waals surface area contributed by atoms with Crippen molar-refractivity contribution < 1.29 is 92.7 Å². The van der Waals surface area contributed by atoms with Crippen molar-refractivity contribution in [1.82, 2.24) is 0 Å². The number of rotatable bonds is 0. The molecule has 0 amide bonds. The summed E-state index contributed by atoms with van der Waals surface area (Å²) in [4.78, 5) is 0. The van der Waals surface area contributed by atoms with Crippen LogP contribution in [-0.2, 0) is 92.7 Å². The van der Waals surface area contributed by atoms with E-state index in [0.29, 0.717) is 0 Å². The van der Waals surface area contributed by atoms with E-state index < -0.39 is 0 Å². The van der Waals surface area contributed by atoms with Crippen molar-refractivity contribution in [3.8, 4) is 0 Å². The Kier molecular flexibility index (Phi) is 10600. The van der Waals surface area contributed by atoms with Gasteiger partial charge in [-0.3, -0.25) is 0 Å². The summed E-state index contributed by atoms with van der Waals surface area (Å²) >= 11 is 0. The summed E-state index contributed by atoms with van der Waals surface area (Å²) in [5.74, 6) is 0. The van der Waals surface area contributed by atoms with Gasteiger partial charge in [0.15, 0.2) is 0 Å². The van der Waals surface area contributed by atoms with Crippen LogP contribution in [-0.4, -0.2) is 80.8 Å². The van der Waals surface area contributed by atoms with Crippen molar-refractivity contribution in [2.45, 2.75) is 0 Å². The Morgan fingerprint density at radius 1 is 0.267 bits per heavy atom. The van der Waals surface area contributed by atoms with Gasteiger partial charge in [0.25, 0.3) is 0 Å². The molecule has 0 radical (unpaired) electrons. The third-order valence-electron chi connectivity index (χ3n) is 0. The predicted molar refractivity (Wildman–Crippen MR) is 29.2 cm³/mol. The van der Waals surface area contributed by atoms with Gasteiger partial charge < -0.3 is 49.3 Å². The Hall–Kier alpha value is 3.67. The molecule has 0 N–H and O–H groups in total. The largest absolute Gasteiger partial charge is 4.00 e. The molecular weight excluding hydrogens is 342 g/mol. The molecule has 9 nitrogen and oxygen atoms in total. The molecule has 0 heterocycles. The van der Waals surface area contributed by atoms with E-state index in [0.717, 1.165) is 0 Å². The molecule has 0 unspecified atom stereocenters. The summed E-state index contributed by atoms with van der Waals surface area (Å²) in [7, 11) is 0. The summed E-state index contributed by atoms with van der Waals surface area (Å²) in [6.07, 6.45) is 0. The predicted octanol–water partition coefficient (Wildman–Crippen LogP) is -2.60. The maximum absolute atomic E-state index is 0.